The predicted molar refractivity (Wildman–Crippen MR) is 123 cm³/mol. The van der Waals surface area contributed by atoms with E-state index < -0.39 is 0 Å². The largest absolute Gasteiger partial charge is 0.355 e. The van der Waals surface area contributed by atoms with Gasteiger partial charge in [-0.25, -0.2) is 0 Å². The Labute approximate surface area is 179 Å². The lowest BCUT2D eigenvalue weighted by molar-refractivity contribution is 0.0954. The molecule has 0 saturated heterocycles. The van der Waals surface area contributed by atoms with Gasteiger partial charge in [-0.3, -0.25) is 9.79 Å². The molecule has 6 heteroatoms. The first-order chi connectivity index (χ1) is 12.6. The third-order valence-electron chi connectivity index (χ3n) is 4.15. The number of carbonyl (C=O) groups is 1. The molecule has 5 nitrogen and oxygen atoms in total. The molecule has 2 aromatic rings. The monoisotopic (exact) mass is 480 g/mol. The number of amides is 1. The number of nitrogens with one attached hydrogen (secondary N) is 3. The molecule has 3 N–H and O–H groups in total. The summed E-state index contributed by atoms with van der Waals surface area (Å²) in [6, 6.07) is 16.0. The molecule has 27 heavy (non-hydrogen) atoms. The van der Waals surface area contributed by atoms with Crippen molar-refractivity contribution >= 4 is 35.8 Å². The molecule has 1 amide bonds. The minimum atomic E-state index is -0.0599. The van der Waals surface area contributed by atoms with E-state index in [1.165, 1.54) is 11.1 Å². The van der Waals surface area contributed by atoms with Gasteiger partial charge in [0.2, 0.25) is 0 Å². The lowest BCUT2D eigenvalue weighted by Gasteiger charge is -2.14. The lowest BCUT2D eigenvalue weighted by Crippen LogP contribution is -2.41. The third kappa shape index (κ3) is 7.58. The summed E-state index contributed by atoms with van der Waals surface area (Å²) in [7, 11) is 1.74. The average molecular weight is 480 g/mol. The van der Waals surface area contributed by atoms with Gasteiger partial charge < -0.3 is 16.0 Å². The summed E-state index contributed by atoms with van der Waals surface area (Å²) in [5.74, 6) is 0.663. The molecular weight excluding hydrogens is 451 g/mol. The summed E-state index contributed by atoms with van der Waals surface area (Å²) in [5.41, 5.74) is 4.36. The second-order valence-corrected chi connectivity index (χ2v) is 6.10. The van der Waals surface area contributed by atoms with Crippen LogP contribution in [0.2, 0.25) is 0 Å². The average Bonchev–Trinajstić information content (AvgIpc) is 2.67. The van der Waals surface area contributed by atoms with Gasteiger partial charge in [-0.1, -0.05) is 48.9 Å². The van der Waals surface area contributed by atoms with Crippen LogP contribution in [0.15, 0.2) is 53.5 Å². The molecule has 0 aliphatic carbocycles. The number of halogens is 1. The number of guanidine groups is 1. The van der Waals surface area contributed by atoms with Crippen LogP contribution < -0.4 is 16.0 Å². The molecule has 2 rings (SSSR count). The maximum Gasteiger partial charge on any atom is 0.251 e. The fourth-order valence-corrected chi connectivity index (χ4v) is 2.72. The number of rotatable bonds is 7. The normalized spacial score (nSPS) is 10.7. The molecule has 0 bridgehead atoms. The van der Waals surface area contributed by atoms with Crippen molar-refractivity contribution in [2.75, 3.05) is 20.1 Å². The summed E-state index contributed by atoms with van der Waals surface area (Å²) < 4.78 is 0. The Balaban J connectivity index is 0.00000364. The molecule has 0 saturated carbocycles. The quantitative estimate of drug-likeness (QED) is 0.247. The third-order valence-corrected chi connectivity index (χ3v) is 4.15. The number of hydrogen-bond donors (Lipinski definition) is 3. The van der Waals surface area contributed by atoms with Crippen LogP contribution in [-0.4, -0.2) is 32.0 Å². The van der Waals surface area contributed by atoms with Gasteiger partial charge >= 0.3 is 0 Å². The van der Waals surface area contributed by atoms with Crippen molar-refractivity contribution in [2.45, 2.75) is 26.8 Å². The number of aryl methyl sites for hydroxylation is 2. The molecule has 0 aliphatic heterocycles. The van der Waals surface area contributed by atoms with E-state index in [2.05, 4.69) is 46.1 Å². The maximum absolute atomic E-state index is 12.1. The Morgan fingerprint density at radius 2 is 1.67 bits per heavy atom. The Bertz CT molecular complexity index is 761. The highest BCUT2D eigenvalue weighted by molar-refractivity contribution is 14.0. The summed E-state index contributed by atoms with van der Waals surface area (Å²) in [6.45, 7) is 5.98. The van der Waals surface area contributed by atoms with E-state index in [1.807, 2.05) is 37.3 Å². The summed E-state index contributed by atoms with van der Waals surface area (Å²) >= 11 is 0. The van der Waals surface area contributed by atoms with Crippen LogP contribution in [0.1, 0.15) is 34.0 Å². The van der Waals surface area contributed by atoms with Crippen molar-refractivity contribution in [3.63, 3.8) is 0 Å². The van der Waals surface area contributed by atoms with Crippen LogP contribution in [0.5, 0.6) is 0 Å². The van der Waals surface area contributed by atoms with Crippen molar-refractivity contribution in [1.82, 2.24) is 16.0 Å². The summed E-state index contributed by atoms with van der Waals surface area (Å²) in [6.07, 6.45) is 1.01. The van der Waals surface area contributed by atoms with Crippen LogP contribution in [0.3, 0.4) is 0 Å². The number of benzene rings is 2. The summed E-state index contributed by atoms with van der Waals surface area (Å²) in [4.78, 5) is 16.3. The molecule has 0 fully saturated rings. The second-order valence-electron chi connectivity index (χ2n) is 6.10. The zero-order chi connectivity index (χ0) is 18.8. The minimum Gasteiger partial charge on any atom is -0.355 e. The molecule has 0 aliphatic rings. The topological polar surface area (TPSA) is 65.5 Å². The van der Waals surface area contributed by atoms with Crippen LogP contribution >= 0.6 is 24.0 Å². The number of aliphatic imine (C=N–C) groups is 1. The number of hydrogen-bond acceptors (Lipinski definition) is 2. The molecule has 2 aromatic carbocycles. The molecule has 0 aromatic heterocycles. The van der Waals surface area contributed by atoms with Crippen LogP contribution in [-0.2, 0) is 13.0 Å². The standard InChI is InChI=1S/C21H28N4O.HI/c1-4-17-9-5-6-10-19(17)15-25-21(22-3)24-13-12-23-20(26)18-11-7-8-16(2)14-18;/h5-11,14H,4,12-13,15H2,1-3H3,(H,23,26)(H2,22,24,25);1H. The lowest BCUT2D eigenvalue weighted by atomic mass is 10.1. The van der Waals surface area contributed by atoms with Gasteiger partial charge in [0.15, 0.2) is 5.96 Å². The Morgan fingerprint density at radius 3 is 2.33 bits per heavy atom. The van der Waals surface area contributed by atoms with Crippen LogP contribution in [0.4, 0.5) is 0 Å². The van der Waals surface area contributed by atoms with Crippen molar-refractivity contribution in [1.29, 1.82) is 0 Å². The van der Waals surface area contributed by atoms with E-state index in [9.17, 15) is 4.79 Å². The van der Waals surface area contributed by atoms with Crippen molar-refractivity contribution < 1.29 is 4.79 Å². The fourth-order valence-electron chi connectivity index (χ4n) is 2.72. The molecule has 0 unspecified atom stereocenters. The van der Waals surface area contributed by atoms with Crippen LogP contribution in [0.25, 0.3) is 0 Å². The fraction of sp³-hybridized carbons (Fsp3) is 0.333. The first-order valence-electron chi connectivity index (χ1n) is 9.00. The van der Waals surface area contributed by atoms with Crippen molar-refractivity contribution in [2.24, 2.45) is 4.99 Å². The highest BCUT2D eigenvalue weighted by Gasteiger charge is 2.05. The molecule has 146 valence electrons. The Hall–Kier alpha value is -2.09. The highest BCUT2D eigenvalue weighted by Crippen LogP contribution is 2.08. The van der Waals surface area contributed by atoms with Gasteiger partial charge in [0.05, 0.1) is 0 Å². The van der Waals surface area contributed by atoms with Crippen molar-refractivity contribution in [3.05, 3.63) is 70.8 Å². The molecular formula is C21H29IN4O. The number of nitrogens with zero attached hydrogens (tertiary/aromatic N) is 1. The van der Waals surface area contributed by atoms with E-state index in [1.54, 1.807) is 7.05 Å². The Morgan fingerprint density at radius 1 is 0.963 bits per heavy atom. The molecule has 0 radical (unpaired) electrons. The minimum absolute atomic E-state index is 0. The van der Waals surface area contributed by atoms with Gasteiger partial charge in [-0.05, 0) is 36.6 Å². The summed E-state index contributed by atoms with van der Waals surface area (Å²) in [5, 5.41) is 9.45. The van der Waals surface area contributed by atoms with E-state index in [-0.39, 0.29) is 29.9 Å². The van der Waals surface area contributed by atoms with Gasteiger partial charge in [0, 0.05) is 32.2 Å². The second kappa shape index (κ2) is 12.3. The first-order valence-corrected chi connectivity index (χ1v) is 9.00. The molecule has 0 atom stereocenters. The SMILES string of the molecule is CCc1ccccc1CNC(=NC)NCCNC(=O)c1cccc(C)c1.I. The van der Waals surface area contributed by atoms with Gasteiger partial charge in [-0.15, -0.1) is 24.0 Å². The zero-order valence-corrected chi connectivity index (χ0v) is 18.5. The maximum atomic E-state index is 12.1. The van der Waals surface area contributed by atoms with Gasteiger partial charge in [-0.2, -0.15) is 0 Å². The van der Waals surface area contributed by atoms with Gasteiger partial charge in [0.25, 0.3) is 5.91 Å². The van der Waals surface area contributed by atoms with E-state index in [4.69, 9.17) is 0 Å². The predicted octanol–water partition coefficient (Wildman–Crippen LogP) is 3.27. The van der Waals surface area contributed by atoms with E-state index in [0.29, 0.717) is 18.7 Å². The smallest absolute Gasteiger partial charge is 0.251 e. The molecule has 0 heterocycles. The van der Waals surface area contributed by atoms with E-state index in [0.717, 1.165) is 24.5 Å². The van der Waals surface area contributed by atoms with Gasteiger partial charge in [0.1, 0.15) is 0 Å². The molecule has 0 spiro atoms. The van der Waals surface area contributed by atoms with E-state index >= 15 is 0 Å². The number of carbonyl (C=O) groups excluding carboxylic acids is 1. The highest BCUT2D eigenvalue weighted by atomic mass is 127. The Kier molecular flexibility index (Phi) is 10.5. The zero-order valence-electron chi connectivity index (χ0n) is 16.2. The first kappa shape index (κ1) is 23.0. The van der Waals surface area contributed by atoms with Crippen LogP contribution in [0, 0.1) is 6.92 Å². The van der Waals surface area contributed by atoms with Crippen molar-refractivity contribution in [3.8, 4) is 0 Å².